The van der Waals surface area contributed by atoms with Crippen molar-refractivity contribution >= 4 is 34.6 Å². The number of fused-ring (bicyclic) bond motifs is 3. The molecule has 2 fully saturated rings. The van der Waals surface area contributed by atoms with E-state index >= 15 is 0 Å². The lowest BCUT2D eigenvalue weighted by Crippen LogP contribution is -2.61. The van der Waals surface area contributed by atoms with Crippen LogP contribution in [0.2, 0.25) is 5.02 Å². The number of rotatable bonds is 4. The summed E-state index contributed by atoms with van der Waals surface area (Å²) in [5.41, 5.74) is 2.93. The molecule has 1 aliphatic carbocycles. The number of anilines is 2. The van der Waals surface area contributed by atoms with E-state index in [9.17, 15) is 14.9 Å². The molecule has 7 nitrogen and oxygen atoms in total. The maximum Gasteiger partial charge on any atom is 0.269 e. The quantitative estimate of drug-likeness (QED) is 0.598. The average Bonchev–Trinajstić information content (AvgIpc) is 3.56. The minimum Gasteiger partial charge on any atom is -0.366 e. The number of nitro benzene ring substituents is 1. The van der Waals surface area contributed by atoms with E-state index in [-0.39, 0.29) is 34.5 Å². The van der Waals surface area contributed by atoms with Gasteiger partial charge in [-0.3, -0.25) is 14.9 Å². The van der Waals surface area contributed by atoms with Crippen molar-refractivity contribution in [1.29, 1.82) is 0 Å². The molecule has 2 aliphatic heterocycles. The first-order valence-electron chi connectivity index (χ1n) is 10.3. The van der Waals surface area contributed by atoms with Gasteiger partial charge in [0, 0.05) is 43.5 Å². The highest BCUT2D eigenvalue weighted by atomic mass is 35.5. The third-order valence-corrected chi connectivity index (χ3v) is 6.68. The fourth-order valence-electron chi connectivity index (χ4n) is 4.69. The number of nitrogens with one attached hydrogen (secondary N) is 1. The van der Waals surface area contributed by atoms with Gasteiger partial charge in [-0.25, -0.2) is 0 Å². The minimum atomic E-state index is -0.374. The van der Waals surface area contributed by atoms with Crippen LogP contribution in [-0.2, 0) is 11.2 Å². The summed E-state index contributed by atoms with van der Waals surface area (Å²) in [7, 11) is 0. The molecule has 8 heteroatoms. The lowest BCUT2D eigenvalue weighted by atomic mass is 9.83. The van der Waals surface area contributed by atoms with Crippen molar-refractivity contribution in [2.45, 2.75) is 31.3 Å². The highest BCUT2D eigenvalue weighted by Crippen LogP contribution is 2.39. The van der Waals surface area contributed by atoms with E-state index in [1.165, 1.54) is 0 Å². The zero-order chi connectivity index (χ0) is 20.8. The molecule has 1 saturated carbocycles. The molecule has 0 bridgehead atoms. The molecule has 30 heavy (non-hydrogen) atoms. The molecule has 0 aromatic heterocycles. The fourth-order valence-corrected chi connectivity index (χ4v) is 4.94. The lowest BCUT2D eigenvalue weighted by molar-refractivity contribution is -0.384. The minimum absolute atomic E-state index is 0.0114. The molecule has 2 aromatic carbocycles. The van der Waals surface area contributed by atoms with E-state index in [1.54, 1.807) is 12.1 Å². The van der Waals surface area contributed by atoms with Gasteiger partial charge in [0.1, 0.15) is 0 Å². The third kappa shape index (κ3) is 3.47. The van der Waals surface area contributed by atoms with Crippen molar-refractivity contribution in [3.63, 3.8) is 0 Å². The summed E-state index contributed by atoms with van der Waals surface area (Å²) in [6.07, 6.45) is 2.56. The zero-order valence-corrected chi connectivity index (χ0v) is 17.2. The van der Waals surface area contributed by atoms with Crippen molar-refractivity contribution in [2.24, 2.45) is 5.92 Å². The topological polar surface area (TPSA) is 78.7 Å². The molecular formula is C22H23ClN4O3. The Bertz CT molecular complexity index is 1010. The van der Waals surface area contributed by atoms with Gasteiger partial charge in [-0.05, 0) is 43.0 Å². The van der Waals surface area contributed by atoms with Crippen molar-refractivity contribution in [3.05, 3.63) is 63.2 Å². The van der Waals surface area contributed by atoms with Crippen LogP contribution in [0.3, 0.4) is 0 Å². The molecule has 156 valence electrons. The molecule has 1 N–H and O–H groups in total. The van der Waals surface area contributed by atoms with E-state index in [4.69, 9.17) is 11.6 Å². The van der Waals surface area contributed by atoms with Crippen molar-refractivity contribution in [2.75, 3.05) is 29.4 Å². The van der Waals surface area contributed by atoms with Crippen LogP contribution in [0.1, 0.15) is 18.4 Å². The van der Waals surface area contributed by atoms with Gasteiger partial charge in [0.2, 0.25) is 5.91 Å². The summed E-state index contributed by atoms with van der Waals surface area (Å²) in [5.74, 6) is -0.212. The Balaban J connectivity index is 1.49. The van der Waals surface area contributed by atoms with Gasteiger partial charge in [0.05, 0.1) is 27.6 Å². The Hall–Kier alpha value is -2.80. The maximum absolute atomic E-state index is 13.1. The number of nitrogens with zero attached hydrogens (tertiary/aromatic N) is 3. The summed E-state index contributed by atoms with van der Waals surface area (Å²) in [6.45, 7) is 2.18. The van der Waals surface area contributed by atoms with Crippen molar-refractivity contribution in [1.82, 2.24) is 5.32 Å². The number of carbonyl (C=O) groups excluding carboxylic acids is 1. The fraction of sp³-hybridized carbons (Fsp3) is 0.409. The van der Waals surface area contributed by atoms with E-state index in [0.29, 0.717) is 18.0 Å². The number of amides is 1. The van der Waals surface area contributed by atoms with E-state index < -0.39 is 0 Å². The number of non-ortho nitro benzene ring substituents is 1. The van der Waals surface area contributed by atoms with Gasteiger partial charge in [-0.2, -0.15) is 0 Å². The van der Waals surface area contributed by atoms with Gasteiger partial charge in [-0.1, -0.05) is 23.7 Å². The zero-order valence-electron chi connectivity index (χ0n) is 16.5. The van der Waals surface area contributed by atoms with Crippen molar-refractivity contribution in [3.8, 4) is 0 Å². The highest BCUT2D eigenvalue weighted by Gasteiger charge is 2.43. The number of nitro groups is 1. The molecule has 2 aromatic rings. The summed E-state index contributed by atoms with van der Waals surface area (Å²) < 4.78 is 0. The van der Waals surface area contributed by atoms with Crippen LogP contribution in [-0.4, -0.2) is 42.5 Å². The number of para-hydroxylation sites is 1. The van der Waals surface area contributed by atoms with Gasteiger partial charge < -0.3 is 15.1 Å². The normalized spacial score (nSPS) is 22.8. The van der Waals surface area contributed by atoms with E-state index in [0.717, 1.165) is 42.9 Å². The second-order valence-corrected chi connectivity index (χ2v) is 8.73. The van der Waals surface area contributed by atoms with Crippen molar-refractivity contribution < 1.29 is 9.72 Å². The first-order chi connectivity index (χ1) is 14.5. The van der Waals surface area contributed by atoms with Crippen LogP contribution in [0, 0.1) is 16.0 Å². The van der Waals surface area contributed by atoms with Crippen LogP contribution in [0.25, 0.3) is 0 Å². The molecule has 2 atom stereocenters. The second kappa shape index (κ2) is 7.47. The average molecular weight is 427 g/mol. The van der Waals surface area contributed by atoms with Gasteiger partial charge in [0.15, 0.2) is 0 Å². The summed E-state index contributed by atoms with van der Waals surface area (Å²) in [5, 5.41) is 15.1. The summed E-state index contributed by atoms with van der Waals surface area (Å²) in [4.78, 5) is 28.5. The number of halogens is 1. The standard InChI is InChI=1S/C22H23ClN4O3/c23-18-3-1-2-4-20(18)25-9-10-26-19-8-7-16(27(29)30)11-14(19)12-17(21(26)13-25)22(28)24-15-5-6-15/h1-4,7-8,11,15,17,21H,5-6,9-10,12-13H2,(H,24,28). The maximum atomic E-state index is 13.1. The number of hydrogen-bond donors (Lipinski definition) is 1. The van der Waals surface area contributed by atoms with Crippen LogP contribution < -0.4 is 15.1 Å². The number of benzene rings is 2. The van der Waals surface area contributed by atoms with Crippen LogP contribution in [0.15, 0.2) is 42.5 Å². The number of carbonyl (C=O) groups is 1. The van der Waals surface area contributed by atoms with E-state index in [2.05, 4.69) is 15.1 Å². The molecule has 1 amide bonds. The van der Waals surface area contributed by atoms with Gasteiger partial charge in [0.25, 0.3) is 5.69 Å². The molecule has 0 radical (unpaired) electrons. The first kappa shape index (κ1) is 19.2. The molecule has 2 heterocycles. The lowest BCUT2D eigenvalue weighted by Gasteiger charge is -2.49. The molecule has 3 aliphatic rings. The molecular weight excluding hydrogens is 404 g/mol. The second-order valence-electron chi connectivity index (χ2n) is 8.32. The molecule has 2 unspecified atom stereocenters. The first-order valence-corrected chi connectivity index (χ1v) is 10.7. The Morgan fingerprint density at radius 3 is 2.67 bits per heavy atom. The van der Waals surface area contributed by atoms with Gasteiger partial charge in [-0.15, -0.1) is 0 Å². The smallest absolute Gasteiger partial charge is 0.269 e. The highest BCUT2D eigenvalue weighted by molar-refractivity contribution is 6.33. The number of piperazine rings is 1. The Morgan fingerprint density at radius 1 is 1.13 bits per heavy atom. The molecule has 0 spiro atoms. The predicted molar refractivity (Wildman–Crippen MR) is 116 cm³/mol. The SMILES string of the molecule is O=C(NC1CC1)C1Cc2cc([N+](=O)[O-])ccc2N2CCN(c3ccccc3Cl)CC12. The van der Waals surface area contributed by atoms with Gasteiger partial charge >= 0.3 is 0 Å². The summed E-state index contributed by atoms with van der Waals surface area (Å²) in [6, 6.07) is 13.1. The van der Waals surface area contributed by atoms with Crippen LogP contribution in [0.4, 0.5) is 17.1 Å². The van der Waals surface area contributed by atoms with Crippen LogP contribution >= 0.6 is 11.6 Å². The Morgan fingerprint density at radius 2 is 1.93 bits per heavy atom. The third-order valence-electron chi connectivity index (χ3n) is 6.36. The predicted octanol–water partition coefficient (Wildman–Crippen LogP) is 3.39. The van der Waals surface area contributed by atoms with E-state index in [1.807, 2.05) is 30.3 Å². The Kier molecular flexibility index (Phi) is 4.77. The Labute approximate surface area is 179 Å². The number of hydrogen-bond acceptors (Lipinski definition) is 5. The van der Waals surface area contributed by atoms with Crippen LogP contribution in [0.5, 0.6) is 0 Å². The summed E-state index contributed by atoms with van der Waals surface area (Å²) >= 11 is 6.44. The largest absolute Gasteiger partial charge is 0.366 e. The molecule has 5 rings (SSSR count). The monoisotopic (exact) mass is 426 g/mol. The molecule has 1 saturated heterocycles.